The van der Waals surface area contributed by atoms with E-state index < -0.39 is 0 Å². The molecule has 0 aliphatic rings. The van der Waals surface area contributed by atoms with Crippen LogP contribution in [0.3, 0.4) is 0 Å². The zero-order valence-corrected chi connectivity index (χ0v) is 16.7. The molecule has 0 aliphatic heterocycles. The lowest BCUT2D eigenvalue weighted by molar-refractivity contribution is 0.555. The maximum Gasteiger partial charge on any atom is 0.192 e. The van der Waals surface area contributed by atoms with Gasteiger partial charge in [-0.25, -0.2) is 4.39 Å². The number of nitrogens with zero attached hydrogens (tertiary/aromatic N) is 3. The van der Waals surface area contributed by atoms with Crippen LogP contribution in [0.2, 0.25) is 5.02 Å². The molecule has 0 radical (unpaired) electrons. The van der Waals surface area contributed by atoms with Crippen LogP contribution in [0.5, 0.6) is 0 Å². The Balaban J connectivity index is 1.86. The zero-order chi connectivity index (χ0) is 18.0. The second-order valence-corrected chi connectivity index (χ2v) is 8.30. The molecule has 0 saturated carbocycles. The molecule has 0 N–H and O–H groups in total. The van der Waals surface area contributed by atoms with Crippen molar-refractivity contribution >= 4 is 34.7 Å². The van der Waals surface area contributed by atoms with Crippen molar-refractivity contribution in [3.8, 4) is 11.4 Å². The van der Waals surface area contributed by atoms with Crippen LogP contribution in [0.15, 0.2) is 34.8 Å². The summed E-state index contributed by atoms with van der Waals surface area (Å²) in [4.78, 5) is 1.33. The maximum absolute atomic E-state index is 13.2. The van der Waals surface area contributed by atoms with E-state index in [4.69, 9.17) is 11.6 Å². The molecule has 0 atom stereocenters. The summed E-state index contributed by atoms with van der Waals surface area (Å²) >= 11 is 9.43. The van der Waals surface area contributed by atoms with Crippen molar-refractivity contribution in [1.82, 2.24) is 14.8 Å². The molecule has 3 nitrogen and oxygen atoms in total. The number of hydrogen-bond acceptors (Lipinski definition) is 4. The third kappa shape index (κ3) is 4.07. The van der Waals surface area contributed by atoms with Crippen LogP contribution < -0.4 is 0 Å². The zero-order valence-electron chi connectivity index (χ0n) is 14.3. The number of thioether (sulfide) groups is 1. The Morgan fingerprint density at radius 3 is 2.72 bits per heavy atom. The van der Waals surface area contributed by atoms with Gasteiger partial charge in [-0.2, -0.15) is 0 Å². The summed E-state index contributed by atoms with van der Waals surface area (Å²) < 4.78 is 15.3. The van der Waals surface area contributed by atoms with E-state index in [1.54, 1.807) is 29.2 Å². The van der Waals surface area contributed by atoms with Crippen LogP contribution in [0.25, 0.3) is 11.4 Å². The van der Waals surface area contributed by atoms with Crippen molar-refractivity contribution in [3.63, 3.8) is 0 Å². The van der Waals surface area contributed by atoms with Crippen LogP contribution in [-0.2, 0) is 12.2 Å². The molecule has 2 heterocycles. The summed E-state index contributed by atoms with van der Waals surface area (Å²) in [5.74, 6) is 1.18. The number of benzene rings is 1. The molecule has 0 fully saturated rings. The molecule has 0 saturated heterocycles. The molecule has 0 amide bonds. The minimum atomic E-state index is -0.324. The summed E-state index contributed by atoms with van der Waals surface area (Å²) in [6, 6.07) is 6.90. The third-order valence-corrected chi connectivity index (χ3v) is 6.24. The number of thiophene rings is 1. The number of hydrogen-bond donors (Lipinski definition) is 0. The number of rotatable bonds is 6. The van der Waals surface area contributed by atoms with Crippen molar-refractivity contribution in [3.05, 3.63) is 50.9 Å². The fourth-order valence-corrected chi connectivity index (χ4v) is 4.70. The van der Waals surface area contributed by atoms with Crippen molar-refractivity contribution in [1.29, 1.82) is 0 Å². The molecule has 7 heteroatoms. The summed E-state index contributed by atoms with van der Waals surface area (Å²) in [6.07, 6.45) is 1.02. The van der Waals surface area contributed by atoms with Crippen molar-refractivity contribution in [2.45, 2.75) is 44.1 Å². The van der Waals surface area contributed by atoms with Crippen molar-refractivity contribution in [2.75, 3.05) is 0 Å². The highest BCUT2D eigenvalue weighted by Crippen LogP contribution is 2.33. The average Bonchev–Trinajstić information content (AvgIpc) is 3.20. The van der Waals surface area contributed by atoms with Gasteiger partial charge in [0, 0.05) is 32.6 Å². The molecular weight excluding hydrogens is 377 g/mol. The summed E-state index contributed by atoms with van der Waals surface area (Å²) in [5, 5.41) is 12.2. The number of aromatic nitrogens is 3. The molecule has 3 rings (SSSR count). The maximum atomic E-state index is 13.2. The Morgan fingerprint density at radius 1 is 1.28 bits per heavy atom. The molecule has 0 bridgehead atoms. The van der Waals surface area contributed by atoms with Gasteiger partial charge in [0.2, 0.25) is 0 Å². The summed E-state index contributed by atoms with van der Waals surface area (Å²) in [5.41, 5.74) is 1.99. The molecule has 25 heavy (non-hydrogen) atoms. The van der Waals surface area contributed by atoms with Gasteiger partial charge in [-0.3, -0.25) is 4.57 Å². The van der Waals surface area contributed by atoms with E-state index in [1.165, 1.54) is 17.0 Å². The minimum absolute atomic E-state index is 0.237. The SMILES string of the molecule is CCc1cc(-c2nnc(SCc3ccc(F)cc3Cl)n2C(C)C)cs1. The monoisotopic (exact) mass is 395 g/mol. The van der Waals surface area contributed by atoms with Gasteiger partial charge in [0.25, 0.3) is 0 Å². The fourth-order valence-electron chi connectivity index (χ4n) is 2.50. The van der Waals surface area contributed by atoms with Crippen LogP contribution in [0, 0.1) is 5.82 Å². The van der Waals surface area contributed by atoms with Gasteiger partial charge in [-0.15, -0.1) is 21.5 Å². The molecule has 0 aliphatic carbocycles. The first-order valence-electron chi connectivity index (χ1n) is 8.09. The topological polar surface area (TPSA) is 30.7 Å². The van der Waals surface area contributed by atoms with Crippen LogP contribution in [0.1, 0.15) is 37.3 Å². The van der Waals surface area contributed by atoms with E-state index in [0.717, 1.165) is 28.5 Å². The Kier molecular flexibility index (Phi) is 5.81. The lowest BCUT2D eigenvalue weighted by Gasteiger charge is -2.13. The summed E-state index contributed by atoms with van der Waals surface area (Å²) in [7, 11) is 0. The first-order valence-corrected chi connectivity index (χ1v) is 10.3. The van der Waals surface area contributed by atoms with Crippen LogP contribution >= 0.6 is 34.7 Å². The first-order chi connectivity index (χ1) is 12.0. The van der Waals surface area contributed by atoms with E-state index in [-0.39, 0.29) is 11.9 Å². The smallest absolute Gasteiger partial charge is 0.192 e. The second-order valence-electron chi connectivity index (χ2n) is 5.95. The average molecular weight is 396 g/mol. The Bertz CT molecular complexity index is 873. The van der Waals surface area contributed by atoms with Gasteiger partial charge in [-0.1, -0.05) is 36.4 Å². The van der Waals surface area contributed by atoms with E-state index in [9.17, 15) is 4.39 Å². The van der Waals surface area contributed by atoms with Gasteiger partial charge in [0.1, 0.15) is 5.82 Å². The van der Waals surface area contributed by atoms with Gasteiger partial charge in [0.05, 0.1) is 0 Å². The lowest BCUT2D eigenvalue weighted by Crippen LogP contribution is -2.04. The van der Waals surface area contributed by atoms with Crippen LogP contribution in [0.4, 0.5) is 4.39 Å². The number of halogens is 2. The Labute approximate surface area is 160 Å². The van der Waals surface area contributed by atoms with Crippen LogP contribution in [-0.4, -0.2) is 14.8 Å². The quantitative estimate of drug-likeness (QED) is 0.463. The molecule has 0 unspecified atom stereocenters. The van der Waals surface area contributed by atoms with Crippen molar-refractivity contribution < 1.29 is 4.39 Å². The minimum Gasteiger partial charge on any atom is -0.299 e. The normalized spacial score (nSPS) is 11.4. The van der Waals surface area contributed by atoms with Gasteiger partial charge in [-0.05, 0) is 44.0 Å². The van der Waals surface area contributed by atoms with Gasteiger partial charge >= 0.3 is 0 Å². The molecular formula is C18H19ClFN3S2. The second kappa shape index (κ2) is 7.89. The molecule has 132 valence electrons. The third-order valence-electron chi connectivity index (χ3n) is 3.81. The molecule has 3 aromatic rings. The largest absolute Gasteiger partial charge is 0.299 e. The summed E-state index contributed by atoms with van der Waals surface area (Å²) in [6.45, 7) is 6.39. The van der Waals surface area contributed by atoms with Gasteiger partial charge < -0.3 is 0 Å². The highest BCUT2D eigenvalue weighted by Gasteiger charge is 2.18. The van der Waals surface area contributed by atoms with E-state index in [1.807, 2.05) is 0 Å². The Hall–Kier alpha value is -1.37. The van der Waals surface area contributed by atoms with E-state index >= 15 is 0 Å². The molecule has 1 aromatic carbocycles. The van der Waals surface area contributed by atoms with Gasteiger partial charge in [0.15, 0.2) is 11.0 Å². The van der Waals surface area contributed by atoms with E-state index in [0.29, 0.717) is 10.8 Å². The molecule has 0 spiro atoms. The molecule has 2 aromatic heterocycles. The highest BCUT2D eigenvalue weighted by molar-refractivity contribution is 7.98. The number of aryl methyl sites for hydroxylation is 1. The highest BCUT2D eigenvalue weighted by atomic mass is 35.5. The first kappa shape index (κ1) is 18.4. The Morgan fingerprint density at radius 2 is 2.08 bits per heavy atom. The van der Waals surface area contributed by atoms with Crippen molar-refractivity contribution in [2.24, 2.45) is 0 Å². The predicted octanol–water partition coefficient (Wildman–Crippen LogP) is 6.23. The van der Waals surface area contributed by atoms with E-state index in [2.05, 4.69) is 47.0 Å². The fraction of sp³-hybridized carbons (Fsp3) is 0.333. The predicted molar refractivity (Wildman–Crippen MR) is 104 cm³/mol. The lowest BCUT2D eigenvalue weighted by atomic mass is 10.2. The standard InChI is InChI=1S/C18H19ClFN3S2/c1-4-15-7-13(10-24-15)17-21-22-18(23(17)11(2)3)25-9-12-5-6-14(20)8-16(12)19/h5-8,10-11H,4,9H2,1-3H3.